The number of aromatic nitrogens is 1. The molecule has 2 N–H and O–H groups in total. The summed E-state index contributed by atoms with van der Waals surface area (Å²) < 4.78 is 7.40. The number of aryl methyl sites for hydroxylation is 1. The number of rotatable bonds is 5. The van der Waals surface area contributed by atoms with Gasteiger partial charge < -0.3 is 24.6 Å². The van der Waals surface area contributed by atoms with Gasteiger partial charge in [0, 0.05) is 18.4 Å². The minimum absolute atomic E-state index is 0.191. The maximum Gasteiger partial charge on any atom is 0.407 e. The van der Waals surface area contributed by atoms with Crippen molar-refractivity contribution in [2.45, 2.75) is 51.2 Å². The molecule has 1 amide bonds. The van der Waals surface area contributed by atoms with Gasteiger partial charge in [0.15, 0.2) is 0 Å². The van der Waals surface area contributed by atoms with Crippen LogP contribution in [0.25, 0.3) is 5.69 Å². The molecule has 0 bridgehead atoms. The lowest BCUT2D eigenvalue weighted by Gasteiger charge is -2.42. The van der Waals surface area contributed by atoms with E-state index in [9.17, 15) is 14.7 Å². The first-order valence-electron chi connectivity index (χ1n) is 10.3. The van der Waals surface area contributed by atoms with Gasteiger partial charge >= 0.3 is 12.1 Å². The number of alkyl carbamates (subject to hydrolysis) is 1. The molecule has 1 aromatic carbocycles. The lowest BCUT2D eigenvalue weighted by Crippen LogP contribution is -2.55. The molecule has 0 atom stereocenters. The van der Waals surface area contributed by atoms with E-state index in [0.29, 0.717) is 18.8 Å². The number of nitrogens with one attached hydrogen (secondary N) is 1. The number of benzene rings is 1. The highest BCUT2D eigenvalue weighted by molar-refractivity contribution is 5.96. The summed E-state index contributed by atoms with van der Waals surface area (Å²) in [6.45, 7) is 3.07. The fraction of sp³-hybridized carbons (Fsp3) is 0.455. The number of hydrogen-bond acceptors (Lipinski definition) is 4. The van der Waals surface area contributed by atoms with Gasteiger partial charge in [-0.2, -0.15) is 0 Å². The summed E-state index contributed by atoms with van der Waals surface area (Å²) >= 11 is 0. The van der Waals surface area contributed by atoms with Crippen molar-refractivity contribution in [1.29, 1.82) is 0 Å². The van der Waals surface area contributed by atoms with Crippen LogP contribution in [0, 0.1) is 6.92 Å². The molecule has 0 radical (unpaired) electrons. The van der Waals surface area contributed by atoms with Gasteiger partial charge in [-0.3, -0.25) is 0 Å². The van der Waals surface area contributed by atoms with E-state index in [2.05, 4.69) is 10.2 Å². The van der Waals surface area contributed by atoms with Crippen LogP contribution in [0.15, 0.2) is 36.7 Å². The first kappa shape index (κ1) is 19.4. The lowest BCUT2D eigenvalue weighted by atomic mass is 9.96. The molecule has 7 nitrogen and oxygen atoms in total. The number of amides is 1. The lowest BCUT2D eigenvalue weighted by molar-refractivity contribution is 0.0697. The minimum atomic E-state index is -0.963. The van der Waals surface area contributed by atoms with E-state index in [4.69, 9.17) is 4.74 Å². The monoisotopic (exact) mass is 397 g/mol. The Kier molecular flexibility index (Phi) is 5.47. The average Bonchev–Trinajstić information content (AvgIpc) is 3.19. The zero-order chi connectivity index (χ0) is 20.4. The molecular formula is C22H27N3O4. The van der Waals surface area contributed by atoms with E-state index < -0.39 is 5.97 Å². The van der Waals surface area contributed by atoms with Crippen molar-refractivity contribution in [3.8, 4) is 5.69 Å². The molecule has 1 aromatic heterocycles. The van der Waals surface area contributed by atoms with Crippen LogP contribution in [0.3, 0.4) is 0 Å². The second kappa shape index (κ2) is 8.19. The van der Waals surface area contributed by atoms with Gasteiger partial charge in [-0.1, -0.05) is 25.3 Å². The van der Waals surface area contributed by atoms with Crippen LogP contribution < -0.4 is 10.2 Å². The molecule has 1 aliphatic heterocycles. The normalized spacial score (nSPS) is 17.6. The third-order valence-corrected chi connectivity index (χ3v) is 5.81. The molecular weight excluding hydrogens is 370 g/mol. The number of carboxylic acids is 1. The van der Waals surface area contributed by atoms with Crippen LogP contribution in [0.4, 0.5) is 10.5 Å². The van der Waals surface area contributed by atoms with Gasteiger partial charge in [0.05, 0.1) is 30.0 Å². The number of aromatic carboxylic acids is 1. The summed E-state index contributed by atoms with van der Waals surface area (Å²) in [5, 5.41) is 12.6. The van der Waals surface area contributed by atoms with Crippen LogP contribution >= 0.6 is 0 Å². The highest BCUT2D eigenvalue weighted by Crippen LogP contribution is 2.35. The fourth-order valence-electron chi connectivity index (χ4n) is 4.29. The third-order valence-electron chi connectivity index (χ3n) is 5.81. The number of hydrogen-bond donors (Lipinski definition) is 2. The Labute approximate surface area is 170 Å². The Balaban J connectivity index is 1.46. The van der Waals surface area contributed by atoms with Crippen molar-refractivity contribution >= 4 is 17.7 Å². The van der Waals surface area contributed by atoms with E-state index >= 15 is 0 Å². The minimum Gasteiger partial charge on any atom is -0.478 e. The summed E-state index contributed by atoms with van der Waals surface area (Å²) in [6, 6.07) is 7.44. The summed E-state index contributed by atoms with van der Waals surface area (Å²) in [4.78, 5) is 26.1. The van der Waals surface area contributed by atoms with Crippen LogP contribution in [-0.4, -0.2) is 47.0 Å². The zero-order valence-corrected chi connectivity index (χ0v) is 16.6. The summed E-state index contributed by atoms with van der Waals surface area (Å²) in [5.41, 5.74) is 2.76. The van der Waals surface area contributed by atoms with Crippen molar-refractivity contribution in [2.75, 3.05) is 18.0 Å². The molecule has 2 aromatic rings. The molecule has 0 unspecified atom stereocenters. The second-order valence-corrected chi connectivity index (χ2v) is 7.93. The Morgan fingerprint density at radius 1 is 1.07 bits per heavy atom. The Bertz CT molecular complexity index is 882. The Morgan fingerprint density at radius 3 is 2.41 bits per heavy atom. The third kappa shape index (κ3) is 4.09. The molecule has 1 saturated carbocycles. The van der Waals surface area contributed by atoms with Crippen LogP contribution in [-0.2, 0) is 4.74 Å². The van der Waals surface area contributed by atoms with Crippen molar-refractivity contribution < 1.29 is 19.4 Å². The molecule has 1 aliphatic carbocycles. The molecule has 2 fully saturated rings. The van der Waals surface area contributed by atoms with E-state index in [1.807, 2.05) is 42.1 Å². The summed E-state index contributed by atoms with van der Waals surface area (Å²) in [6.07, 6.45) is 8.75. The Morgan fingerprint density at radius 2 is 1.76 bits per heavy atom. The summed E-state index contributed by atoms with van der Waals surface area (Å²) in [5.74, 6) is -0.963. The fourth-order valence-corrected chi connectivity index (χ4v) is 4.29. The predicted octanol–water partition coefficient (Wildman–Crippen LogP) is 3.73. The number of carboxylic acid groups (broad SMARTS) is 1. The maximum absolute atomic E-state index is 12.2. The van der Waals surface area contributed by atoms with Gasteiger partial charge in [0.25, 0.3) is 0 Å². The quantitative estimate of drug-likeness (QED) is 0.803. The van der Waals surface area contributed by atoms with Crippen molar-refractivity contribution in [3.63, 3.8) is 0 Å². The number of carbonyl (C=O) groups is 2. The van der Waals surface area contributed by atoms with Gasteiger partial charge in [-0.15, -0.1) is 0 Å². The number of anilines is 1. The highest BCUT2D eigenvalue weighted by Gasteiger charge is 2.34. The molecule has 2 aliphatic rings. The summed E-state index contributed by atoms with van der Waals surface area (Å²) in [7, 11) is 0. The van der Waals surface area contributed by atoms with E-state index in [1.165, 1.54) is 6.42 Å². The van der Waals surface area contributed by atoms with E-state index in [1.54, 1.807) is 6.07 Å². The second-order valence-electron chi connectivity index (χ2n) is 7.93. The van der Waals surface area contributed by atoms with Crippen molar-refractivity contribution in [3.05, 3.63) is 47.8 Å². The highest BCUT2D eigenvalue weighted by atomic mass is 16.6. The SMILES string of the molecule is Cc1ccc(C(=O)O)c(-n2cccc2)c1N1CC(OC(=O)NC2CCCCC2)C1. The smallest absolute Gasteiger partial charge is 0.407 e. The van der Waals surface area contributed by atoms with Crippen molar-refractivity contribution in [1.82, 2.24) is 9.88 Å². The van der Waals surface area contributed by atoms with Crippen LogP contribution in [0.1, 0.15) is 48.0 Å². The molecule has 2 heterocycles. The number of nitrogens with zero attached hydrogens (tertiary/aromatic N) is 2. The molecule has 29 heavy (non-hydrogen) atoms. The van der Waals surface area contributed by atoms with Gasteiger partial charge in [0.1, 0.15) is 6.10 Å². The largest absolute Gasteiger partial charge is 0.478 e. The molecule has 4 rings (SSSR count). The number of ether oxygens (including phenoxy) is 1. The standard InChI is InChI=1S/C22H27N3O4/c1-15-9-10-18(21(26)27)20(24-11-5-6-12-24)19(15)25-13-17(14-25)29-22(28)23-16-7-3-2-4-8-16/h5-6,9-12,16-17H,2-4,7-8,13-14H2,1H3,(H,23,28)(H,26,27). The molecule has 0 spiro atoms. The molecule has 7 heteroatoms. The first-order valence-corrected chi connectivity index (χ1v) is 10.3. The van der Waals surface area contributed by atoms with E-state index in [0.717, 1.165) is 36.9 Å². The van der Waals surface area contributed by atoms with Crippen molar-refractivity contribution in [2.24, 2.45) is 0 Å². The topological polar surface area (TPSA) is 83.8 Å². The van der Waals surface area contributed by atoms with Crippen LogP contribution in [0.2, 0.25) is 0 Å². The average molecular weight is 397 g/mol. The van der Waals surface area contributed by atoms with Gasteiger partial charge in [-0.05, 0) is 43.5 Å². The van der Waals surface area contributed by atoms with Crippen LogP contribution in [0.5, 0.6) is 0 Å². The zero-order valence-electron chi connectivity index (χ0n) is 16.6. The maximum atomic E-state index is 12.2. The van der Waals surface area contributed by atoms with E-state index in [-0.39, 0.29) is 23.8 Å². The number of carbonyl (C=O) groups excluding carboxylic acids is 1. The molecule has 154 valence electrons. The first-order chi connectivity index (χ1) is 14.0. The predicted molar refractivity (Wildman–Crippen MR) is 110 cm³/mol. The Hall–Kier alpha value is -2.96. The van der Waals surface area contributed by atoms with Gasteiger partial charge in [-0.25, -0.2) is 9.59 Å². The molecule has 1 saturated heterocycles. The van der Waals surface area contributed by atoms with Gasteiger partial charge in [0.2, 0.25) is 0 Å².